The summed E-state index contributed by atoms with van der Waals surface area (Å²) in [5.41, 5.74) is 2.46. The van der Waals surface area contributed by atoms with Gasteiger partial charge in [-0.15, -0.1) is 0 Å². The van der Waals surface area contributed by atoms with Crippen molar-refractivity contribution in [2.75, 3.05) is 37.4 Å². The van der Waals surface area contributed by atoms with E-state index in [0.29, 0.717) is 6.04 Å². The fraction of sp³-hybridized carbons (Fsp3) is 0.500. The maximum Gasteiger partial charge on any atom is 0.0398 e. The maximum atomic E-state index is 3.53. The monoisotopic (exact) mass is 205 g/mol. The Morgan fingerprint density at radius 1 is 1.27 bits per heavy atom. The van der Waals surface area contributed by atoms with Gasteiger partial charge in [-0.05, 0) is 37.2 Å². The molecule has 1 unspecified atom stereocenters. The van der Waals surface area contributed by atoms with E-state index >= 15 is 0 Å². The van der Waals surface area contributed by atoms with E-state index in [1.165, 1.54) is 17.8 Å². The topological polar surface area (TPSA) is 27.3 Å². The smallest absolute Gasteiger partial charge is 0.0398 e. The molecule has 1 heterocycles. The molecule has 1 saturated heterocycles. The molecule has 0 bridgehead atoms. The predicted molar refractivity (Wildman–Crippen MR) is 65.7 cm³/mol. The van der Waals surface area contributed by atoms with Gasteiger partial charge in [0.05, 0.1) is 0 Å². The molecule has 0 saturated carbocycles. The van der Waals surface area contributed by atoms with Gasteiger partial charge < -0.3 is 15.5 Å². The molecule has 2 N–H and O–H groups in total. The highest BCUT2D eigenvalue weighted by molar-refractivity contribution is 5.54. The minimum Gasteiger partial charge on any atom is -0.381 e. The van der Waals surface area contributed by atoms with E-state index < -0.39 is 0 Å². The first kappa shape index (κ1) is 10.3. The van der Waals surface area contributed by atoms with Crippen molar-refractivity contribution in [2.45, 2.75) is 12.5 Å². The molecule has 0 aromatic heterocycles. The summed E-state index contributed by atoms with van der Waals surface area (Å²) in [5.74, 6) is 0. The van der Waals surface area contributed by atoms with Gasteiger partial charge in [-0.3, -0.25) is 0 Å². The molecule has 1 aromatic rings. The maximum absolute atomic E-state index is 3.53. The van der Waals surface area contributed by atoms with E-state index in [2.05, 4.69) is 53.9 Å². The predicted octanol–water partition coefficient (Wildman–Crippen LogP) is 1.53. The number of rotatable bonds is 3. The minimum absolute atomic E-state index is 0.593. The Bertz CT molecular complexity index is 299. The van der Waals surface area contributed by atoms with Gasteiger partial charge in [0.1, 0.15) is 0 Å². The van der Waals surface area contributed by atoms with Crippen LogP contribution >= 0.6 is 0 Å². The molecule has 1 aliphatic heterocycles. The first-order chi connectivity index (χ1) is 7.25. The van der Waals surface area contributed by atoms with E-state index in [1.807, 2.05) is 0 Å². The van der Waals surface area contributed by atoms with Gasteiger partial charge in [-0.25, -0.2) is 0 Å². The van der Waals surface area contributed by atoms with Crippen LogP contribution in [0.4, 0.5) is 11.4 Å². The first-order valence-corrected chi connectivity index (χ1v) is 5.50. The van der Waals surface area contributed by atoms with Gasteiger partial charge in [-0.2, -0.15) is 0 Å². The van der Waals surface area contributed by atoms with Crippen LogP contribution in [0.1, 0.15) is 6.42 Å². The number of benzene rings is 1. The molecule has 2 rings (SSSR count). The number of nitrogens with one attached hydrogen (secondary N) is 2. The second-order valence-electron chi connectivity index (χ2n) is 4.28. The van der Waals surface area contributed by atoms with Crippen LogP contribution in [0.3, 0.4) is 0 Å². The molecule has 0 spiro atoms. The highest BCUT2D eigenvalue weighted by Gasteiger charge is 2.13. The van der Waals surface area contributed by atoms with E-state index in [-0.39, 0.29) is 0 Å². The highest BCUT2D eigenvalue weighted by atomic mass is 15.1. The molecule has 0 radical (unpaired) electrons. The van der Waals surface area contributed by atoms with Crippen LogP contribution in [-0.2, 0) is 0 Å². The molecule has 1 fully saturated rings. The average molecular weight is 205 g/mol. The summed E-state index contributed by atoms with van der Waals surface area (Å²) in [7, 11) is 4.12. The number of hydrogen-bond acceptors (Lipinski definition) is 3. The van der Waals surface area contributed by atoms with E-state index in [1.54, 1.807) is 0 Å². The minimum atomic E-state index is 0.593. The Balaban J connectivity index is 1.97. The zero-order valence-corrected chi connectivity index (χ0v) is 9.46. The molecule has 82 valence electrons. The quantitative estimate of drug-likeness (QED) is 0.783. The fourth-order valence-corrected chi connectivity index (χ4v) is 1.87. The molecular weight excluding hydrogens is 186 g/mol. The van der Waals surface area contributed by atoms with Crippen LogP contribution in [-0.4, -0.2) is 33.2 Å². The summed E-state index contributed by atoms with van der Waals surface area (Å²) in [5, 5.41) is 6.88. The van der Waals surface area contributed by atoms with Crippen molar-refractivity contribution in [3.63, 3.8) is 0 Å². The molecule has 1 atom stereocenters. The lowest BCUT2D eigenvalue weighted by atomic mass is 10.2. The van der Waals surface area contributed by atoms with Crippen molar-refractivity contribution in [3.05, 3.63) is 24.3 Å². The number of anilines is 2. The van der Waals surface area contributed by atoms with Crippen molar-refractivity contribution < 1.29 is 0 Å². The van der Waals surface area contributed by atoms with Crippen molar-refractivity contribution in [1.82, 2.24) is 5.32 Å². The fourth-order valence-electron chi connectivity index (χ4n) is 1.87. The van der Waals surface area contributed by atoms with Crippen LogP contribution in [0.2, 0.25) is 0 Å². The lowest BCUT2D eigenvalue weighted by Crippen LogP contribution is -2.22. The van der Waals surface area contributed by atoms with Crippen LogP contribution in [0.15, 0.2) is 24.3 Å². The Labute approximate surface area is 91.5 Å². The zero-order chi connectivity index (χ0) is 10.7. The van der Waals surface area contributed by atoms with Crippen molar-refractivity contribution in [2.24, 2.45) is 0 Å². The van der Waals surface area contributed by atoms with Gasteiger partial charge in [0.15, 0.2) is 0 Å². The normalized spacial score (nSPS) is 20.3. The van der Waals surface area contributed by atoms with Gasteiger partial charge in [0.2, 0.25) is 0 Å². The largest absolute Gasteiger partial charge is 0.381 e. The second-order valence-corrected chi connectivity index (χ2v) is 4.28. The standard InChI is InChI=1S/C12H19N3/c1-15(2)12-5-3-10(4-6-12)14-11-7-8-13-9-11/h3-6,11,13-14H,7-9H2,1-2H3. The first-order valence-electron chi connectivity index (χ1n) is 5.50. The lowest BCUT2D eigenvalue weighted by molar-refractivity contribution is 0.793. The van der Waals surface area contributed by atoms with Gasteiger partial charge in [0, 0.05) is 38.1 Å². The zero-order valence-electron chi connectivity index (χ0n) is 9.46. The summed E-state index contributed by atoms with van der Waals surface area (Å²) >= 11 is 0. The van der Waals surface area contributed by atoms with Gasteiger partial charge in [0.25, 0.3) is 0 Å². The highest BCUT2D eigenvalue weighted by Crippen LogP contribution is 2.17. The summed E-state index contributed by atoms with van der Waals surface area (Å²) in [6.07, 6.45) is 1.22. The molecule has 15 heavy (non-hydrogen) atoms. The Morgan fingerprint density at radius 2 is 2.00 bits per heavy atom. The van der Waals surface area contributed by atoms with Crippen molar-refractivity contribution in [3.8, 4) is 0 Å². The SMILES string of the molecule is CN(C)c1ccc(NC2CCNC2)cc1. The summed E-state index contributed by atoms with van der Waals surface area (Å²) in [6.45, 7) is 2.21. The second kappa shape index (κ2) is 4.53. The third kappa shape index (κ3) is 2.63. The van der Waals surface area contributed by atoms with Crippen LogP contribution < -0.4 is 15.5 Å². The van der Waals surface area contributed by atoms with Crippen LogP contribution in [0, 0.1) is 0 Å². The summed E-state index contributed by atoms with van der Waals surface area (Å²) in [4.78, 5) is 2.11. The molecular formula is C12H19N3. The molecule has 3 heteroatoms. The van der Waals surface area contributed by atoms with E-state index in [9.17, 15) is 0 Å². The van der Waals surface area contributed by atoms with Crippen molar-refractivity contribution >= 4 is 11.4 Å². The van der Waals surface area contributed by atoms with Gasteiger partial charge in [-0.1, -0.05) is 0 Å². The van der Waals surface area contributed by atoms with Crippen LogP contribution in [0.25, 0.3) is 0 Å². The Morgan fingerprint density at radius 3 is 2.53 bits per heavy atom. The van der Waals surface area contributed by atoms with E-state index in [4.69, 9.17) is 0 Å². The molecule has 1 aromatic carbocycles. The average Bonchev–Trinajstić information content (AvgIpc) is 2.71. The van der Waals surface area contributed by atoms with E-state index in [0.717, 1.165) is 13.1 Å². The third-order valence-electron chi connectivity index (χ3n) is 2.81. The number of hydrogen-bond donors (Lipinski definition) is 2. The number of nitrogens with zero attached hydrogens (tertiary/aromatic N) is 1. The molecule has 0 amide bonds. The lowest BCUT2D eigenvalue weighted by Gasteiger charge is -2.15. The van der Waals surface area contributed by atoms with Crippen LogP contribution in [0.5, 0.6) is 0 Å². The third-order valence-corrected chi connectivity index (χ3v) is 2.81. The van der Waals surface area contributed by atoms with Crippen molar-refractivity contribution in [1.29, 1.82) is 0 Å². The Kier molecular flexibility index (Phi) is 3.11. The van der Waals surface area contributed by atoms with Gasteiger partial charge >= 0.3 is 0 Å². The summed E-state index contributed by atoms with van der Waals surface area (Å²) in [6, 6.07) is 9.17. The Hall–Kier alpha value is -1.22. The molecule has 0 aliphatic carbocycles. The molecule has 3 nitrogen and oxygen atoms in total. The molecule has 1 aliphatic rings. The summed E-state index contributed by atoms with van der Waals surface area (Å²) < 4.78 is 0.